The van der Waals surface area contributed by atoms with Crippen molar-refractivity contribution < 1.29 is 0 Å². The van der Waals surface area contributed by atoms with Crippen molar-refractivity contribution >= 4 is 21.6 Å². The summed E-state index contributed by atoms with van der Waals surface area (Å²) in [5, 5.41) is 8.93. The topological polar surface area (TPSA) is 75.6 Å². The van der Waals surface area contributed by atoms with Crippen LogP contribution in [0.5, 0.6) is 0 Å². The van der Waals surface area contributed by atoms with E-state index in [0.29, 0.717) is 15.7 Å². The molecule has 0 fully saturated rings. The third-order valence-corrected chi connectivity index (χ3v) is 2.78. The molecule has 1 aromatic heterocycles. The van der Waals surface area contributed by atoms with E-state index < -0.39 is 0 Å². The summed E-state index contributed by atoms with van der Waals surface area (Å²) in [5.41, 5.74) is 8.21. The van der Waals surface area contributed by atoms with Gasteiger partial charge in [-0.25, -0.2) is 9.97 Å². The van der Waals surface area contributed by atoms with Gasteiger partial charge in [0.15, 0.2) is 0 Å². The second kappa shape index (κ2) is 4.29. The summed E-state index contributed by atoms with van der Waals surface area (Å²) >= 11 is 3.32. The number of hydrogen-bond donors (Lipinski definition) is 1. The molecule has 0 aliphatic heterocycles. The van der Waals surface area contributed by atoms with E-state index in [4.69, 9.17) is 11.0 Å². The molecule has 0 spiro atoms. The molecule has 1 aromatic carbocycles. The van der Waals surface area contributed by atoms with E-state index in [-0.39, 0.29) is 0 Å². The molecule has 0 bridgehead atoms. The van der Waals surface area contributed by atoms with E-state index in [2.05, 4.69) is 25.9 Å². The smallest absolute Gasteiger partial charge is 0.116 e. The Hall–Kier alpha value is -1.93. The highest BCUT2D eigenvalue weighted by Gasteiger charge is 2.07. The van der Waals surface area contributed by atoms with Gasteiger partial charge in [-0.3, -0.25) is 0 Å². The maximum Gasteiger partial charge on any atom is 0.116 e. The van der Waals surface area contributed by atoms with Crippen LogP contribution in [0.25, 0.3) is 11.3 Å². The third kappa shape index (κ3) is 1.88. The number of nitrogens with two attached hydrogens (primary N) is 1. The number of nitrogens with zero attached hydrogens (tertiary/aromatic N) is 3. The van der Waals surface area contributed by atoms with Crippen molar-refractivity contribution in [2.24, 2.45) is 0 Å². The molecular weight excluding hydrogens is 268 g/mol. The number of nitriles is 1. The van der Waals surface area contributed by atoms with Gasteiger partial charge in [0, 0.05) is 16.2 Å². The second-order valence-corrected chi connectivity index (χ2v) is 3.98. The molecular formula is C11H7BrN4. The van der Waals surface area contributed by atoms with Crippen LogP contribution in [0.15, 0.2) is 35.2 Å². The Morgan fingerprint density at radius 3 is 2.81 bits per heavy atom. The van der Waals surface area contributed by atoms with E-state index in [0.717, 1.165) is 11.3 Å². The van der Waals surface area contributed by atoms with Gasteiger partial charge < -0.3 is 5.73 Å². The Labute approximate surface area is 101 Å². The van der Waals surface area contributed by atoms with Gasteiger partial charge >= 0.3 is 0 Å². The van der Waals surface area contributed by atoms with Crippen molar-refractivity contribution in [3.63, 3.8) is 0 Å². The molecule has 78 valence electrons. The lowest BCUT2D eigenvalue weighted by Gasteiger charge is -2.05. The SMILES string of the molecule is N#Cc1cc(-c2ccncn2)cc(Br)c1N. The van der Waals surface area contributed by atoms with Gasteiger partial charge in [0.25, 0.3) is 0 Å². The molecule has 0 saturated heterocycles. The zero-order valence-corrected chi connectivity index (χ0v) is 9.77. The number of rotatable bonds is 1. The zero-order valence-electron chi connectivity index (χ0n) is 8.18. The van der Waals surface area contributed by atoms with Crippen LogP contribution >= 0.6 is 15.9 Å². The summed E-state index contributed by atoms with van der Waals surface area (Å²) in [6.07, 6.45) is 3.12. The van der Waals surface area contributed by atoms with Crippen LogP contribution in [0.1, 0.15) is 5.56 Å². The predicted octanol–water partition coefficient (Wildman–Crippen LogP) is 2.36. The molecule has 4 nitrogen and oxygen atoms in total. The fourth-order valence-electron chi connectivity index (χ4n) is 1.32. The summed E-state index contributed by atoms with van der Waals surface area (Å²) < 4.78 is 0.695. The van der Waals surface area contributed by atoms with Gasteiger partial charge in [0.1, 0.15) is 12.4 Å². The first-order valence-electron chi connectivity index (χ1n) is 4.48. The van der Waals surface area contributed by atoms with Crippen LogP contribution in [-0.2, 0) is 0 Å². The third-order valence-electron chi connectivity index (χ3n) is 2.13. The van der Waals surface area contributed by atoms with Crippen LogP contribution in [-0.4, -0.2) is 9.97 Å². The van der Waals surface area contributed by atoms with Crippen LogP contribution in [0, 0.1) is 11.3 Å². The highest BCUT2D eigenvalue weighted by Crippen LogP contribution is 2.29. The minimum atomic E-state index is 0.433. The van der Waals surface area contributed by atoms with Gasteiger partial charge in [-0.2, -0.15) is 5.26 Å². The lowest BCUT2D eigenvalue weighted by atomic mass is 10.1. The Bertz CT molecular complexity index is 560. The van der Waals surface area contributed by atoms with Crippen molar-refractivity contribution in [3.05, 3.63) is 40.8 Å². The van der Waals surface area contributed by atoms with Gasteiger partial charge in [0.2, 0.25) is 0 Å². The quantitative estimate of drug-likeness (QED) is 0.810. The number of benzene rings is 1. The van der Waals surface area contributed by atoms with E-state index in [1.54, 1.807) is 18.3 Å². The molecule has 2 aromatic rings. The van der Waals surface area contributed by atoms with E-state index >= 15 is 0 Å². The first-order chi connectivity index (χ1) is 7.72. The van der Waals surface area contributed by atoms with Crippen LogP contribution in [0.2, 0.25) is 0 Å². The Balaban J connectivity index is 2.61. The van der Waals surface area contributed by atoms with Crippen molar-refractivity contribution in [3.8, 4) is 17.3 Å². The summed E-state index contributed by atoms with van der Waals surface area (Å²) in [5.74, 6) is 0. The normalized spacial score (nSPS) is 9.75. The molecule has 0 atom stereocenters. The van der Waals surface area contributed by atoms with Gasteiger partial charge in [-0.15, -0.1) is 0 Å². The first-order valence-corrected chi connectivity index (χ1v) is 5.27. The predicted molar refractivity (Wildman–Crippen MR) is 64.3 cm³/mol. The number of hydrogen-bond acceptors (Lipinski definition) is 4. The maximum atomic E-state index is 8.93. The molecule has 2 rings (SSSR count). The zero-order chi connectivity index (χ0) is 11.5. The Morgan fingerprint density at radius 2 is 2.19 bits per heavy atom. The molecule has 0 saturated carbocycles. The largest absolute Gasteiger partial charge is 0.397 e. The first kappa shape index (κ1) is 10.6. The standard InChI is InChI=1S/C11H7BrN4/c12-9-4-7(3-8(5-13)11(9)14)10-1-2-15-6-16-10/h1-4,6H,14H2. The molecule has 0 aliphatic carbocycles. The molecule has 1 heterocycles. The minimum absolute atomic E-state index is 0.433. The van der Waals surface area contributed by atoms with Crippen molar-refractivity contribution in [2.75, 3.05) is 5.73 Å². The average Bonchev–Trinajstić information content (AvgIpc) is 2.33. The molecule has 5 heteroatoms. The fourth-order valence-corrected chi connectivity index (χ4v) is 1.78. The average molecular weight is 275 g/mol. The lowest BCUT2D eigenvalue weighted by Crippen LogP contribution is -1.94. The van der Waals surface area contributed by atoms with E-state index in [1.807, 2.05) is 12.1 Å². The lowest BCUT2D eigenvalue weighted by molar-refractivity contribution is 1.17. The maximum absolute atomic E-state index is 8.93. The highest BCUT2D eigenvalue weighted by atomic mass is 79.9. The summed E-state index contributed by atoms with van der Waals surface area (Å²) in [6.45, 7) is 0. The number of nitrogen functional groups attached to an aromatic ring is 1. The summed E-state index contributed by atoms with van der Waals surface area (Å²) in [6, 6.07) is 7.37. The molecule has 0 aliphatic rings. The Kier molecular flexibility index (Phi) is 2.84. The van der Waals surface area contributed by atoms with Crippen molar-refractivity contribution in [1.82, 2.24) is 9.97 Å². The second-order valence-electron chi connectivity index (χ2n) is 3.13. The highest BCUT2D eigenvalue weighted by molar-refractivity contribution is 9.10. The fraction of sp³-hybridized carbons (Fsp3) is 0. The van der Waals surface area contributed by atoms with Gasteiger partial charge in [-0.05, 0) is 34.1 Å². The monoisotopic (exact) mass is 274 g/mol. The minimum Gasteiger partial charge on any atom is -0.397 e. The van der Waals surface area contributed by atoms with Crippen LogP contribution in [0.4, 0.5) is 5.69 Å². The van der Waals surface area contributed by atoms with Crippen molar-refractivity contribution in [2.45, 2.75) is 0 Å². The van der Waals surface area contributed by atoms with Crippen LogP contribution in [0.3, 0.4) is 0 Å². The number of anilines is 1. The molecule has 0 unspecified atom stereocenters. The summed E-state index contributed by atoms with van der Waals surface area (Å²) in [4.78, 5) is 7.95. The van der Waals surface area contributed by atoms with Crippen molar-refractivity contribution in [1.29, 1.82) is 5.26 Å². The molecule has 2 N–H and O–H groups in total. The molecule has 0 radical (unpaired) electrons. The van der Waals surface area contributed by atoms with Gasteiger partial charge in [0.05, 0.1) is 16.9 Å². The van der Waals surface area contributed by atoms with E-state index in [1.165, 1.54) is 6.33 Å². The molecule has 16 heavy (non-hydrogen) atoms. The summed E-state index contributed by atoms with van der Waals surface area (Å²) in [7, 11) is 0. The Morgan fingerprint density at radius 1 is 1.38 bits per heavy atom. The molecule has 0 amide bonds. The number of halogens is 1. The van der Waals surface area contributed by atoms with Crippen LogP contribution < -0.4 is 5.73 Å². The van der Waals surface area contributed by atoms with Gasteiger partial charge in [-0.1, -0.05) is 0 Å². The van der Waals surface area contributed by atoms with E-state index in [9.17, 15) is 0 Å². The number of aromatic nitrogens is 2.